The first-order valence-electron chi connectivity index (χ1n) is 7.17. The summed E-state index contributed by atoms with van der Waals surface area (Å²) < 4.78 is 5.20. The number of carboxylic acid groups (broad SMARTS) is 1. The molecular formula is C15H16N4O4. The lowest BCUT2D eigenvalue weighted by Crippen LogP contribution is -2.58. The number of carboxylic acids is 1. The fourth-order valence-electron chi connectivity index (χ4n) is 2.60. The number of hydrogen-bond acceptors (Lipinski definition) is 6. The predicted octanol–water partition coefficient (Wildman–Crippen LogP) is 0.794. The van der Waals surface area contributed by atoms with Crippen molar-refractivity contribution in [1.82, 2.24) is 14.9 Å². The molecule has 2 aromatic rings. The van der Waals surface area contributed by atoms with Crippen molar-refractivity contribution in [2.75, 3.05) is 24.5 Å². The zero-order chi connectivity index (χ0) is 16.4. The molecule has 2 aromatic heterocycles. The second kappa shape index (κ2) is 6.07. The molecule has 8 heteroatoms. The van der Waals surface area contributed by atoms with Crippen molar-refractivity contribution in [2.45, 2.75) is 13.0 Å². The number of hydrogen-bond donors (Lipinski definition) is 1. The molecular weight excluding hydrogens is 300 g/mol. The van der Waals surface area contributed by atoms with Gasteiger partial charge in [0.25, 0.3) is 5.91 Å². The van der Waals surface area contributed by atoms with Crippen LogP contribution in [-0.2, 0) is 4.79 Å². The van der Waals surface area contributed by atoms with E-state index in [1.807, 2.05) is 0 Å². The van der Waals surface area contributed by atoms with Crippen molar-refractivity contribution in [1.29, 1.82) is 0 Å². The van der Waals surface area contributed by atoms with E-state index in [4.69, 9.17) is 4.42 Å². The fraction of sp³-hybridized carbons (Fsp3) is 0.333. The van der Waals surface area contributed by atoms with Crippen LogP contribution in [0.1, 0.15) is 16.1 Å². The highest BCUT2D eigenvalue weighted by atomic mass is 16.4. The van der Waals surface area contributed by atoms with Gasteiger partial charge in [-0.05, 0) is 19.1 Å². The number of anilines is 1. The van der Waals surface area contributed by atoms with Crippen LogP contribution in [0.5, 0.6) is 0 Å². The van der Waals surface area contributed by atoms with Crippen molar-refractivity contribution in [3.63, 3.8) is 0 Å². The molecule has 0 saturated carbocycles. The molecule has 0 aliphatic carbocycles. The molecule has 0 bridgehead atoms. The van der Waals surface area contributed by atoms with Crippen LogP contribution >= 0.6 is 0 Å². The molecule has 8 nitrogen and oxygen atoms in total. The van der Waals surface area contributed by atoms with E-state index >= 15 is 0 Å². The number of rotatable bonds is 3. The second-order valence-electron chi connectivity index (χ2n) is 5.28. The van der Waals surface area contributed by atoms with Crippen LogP contribution in [0.3, 0.4) is 0 Å². The lowest BCUT2D eigenvalue weighted by Gasteiger charge is -2.38. The van der Waals surface area contributed by atoms with Crippen molar-refractivity contribution in [3.05, 3.63) is 42.1 Å². The SMILES string of the molecule is Cc1ccoc1C(=O)N1CCN(c2ncccn2)C[C@@H]1C(=O)O. The average Bonchev–Trinajstić information content (AvgIpc) is 3.00. The van der Waals surface area contributed by atoms with E-state index in [2.05, 4.69) is 9.97 Å². The van der Waals surface area contributed by atoms with E-state index in [9.17, 15) is 14.7 Å². The number of piperazine rings is 1. The number of aliphatic carboxylic acids is 1. The fourth-order valence-corrected chi connectivity index (χ4v) is 2.60. The number of furan rings is 1. The van der Waals surface area contributed by atoms with Gasteiger partial charge in [0.05, 0.1) is 12.8 Å². The molecule has 0 spiro atoms. The molecule has 1 fully saturated rings. The van der Waals surface area contributed by atoms with Crippen molar-refractivity contribution in [3.8, 4) is 0 Å². The first-order valence-corrected chi connectivity index (χ1v) is 7.17. The third kappa shape index (κ3) is 2.87. The zero-order valence-electron chi connectivity index (χ0n) is 12.5. The van der Waals surface area contributed by atoms with Gasteiger partial charge in [-0.3, -0.25) is 4.79 Å². The summed E-state index contributed by atoms with van der Waals surface area (Å²) in [4.78, 5) is 35.5. The maximum atomic E-state index is 12.6. The molecule has 1 N–H and O–H groups in total. The lowest BCUT2D eigenvalue weighted by molar-refractivity contribution is -0.142. The molecule has 3 rings (SSSR count). The van der Waals surface area contributed by atoms with Gasteiger partial charge in [-0.1, -0.05) is 0 Å². The summed E-state index contributed by atoms with van der Waals surface area (Å²) >= 11 is 0. The van der Waals surface area contributed by atoms with E-state index in [-0.39, 0.29) is 18.8 Å². The Hall–Kier alpha value is -2.90. The molecule has 0 radical (unpaired) electrons. The summed E-state index contributed by atoms with van der Waals surface area (Å²) in [6.07, 6.45) is 4.62. The Morgan fingerprint density at radius 2 is 2.04 bits per heavy atom. The molecule has 1 amide bonds. The maximum absolute atomic E-state index is 12.6. The van der Waals surface area contributed by atoms with Crippen molar-refractivity contribution in [2.24, 2.45) is 0 Å². The molecule has 1 aliphatic rings. The summed E-state index contributed by atoms with van der Waals surface area (Å²) in [5, 5.41) is 9.50. The van der Waals surface area contributed by atoms with Gasteiger partial charge < -0.3 is 19.3 Å². The molecule has 0 unspecified atom stereocenters. The molecule has 1 atom stereocenters. The highest BCUT2D eigenvalue weighted by molar-refractivity contribution is 5.95. The number of amides is 1. The van der Waals surface area contributed by atoms with E-state index < -0.39 is 17.9 Å². The zero-order valence-corrected chi connectivity index (χ0v) is 12.5. The first kappa shape index (κ1) is 15.0. The Morgan fingerprint density at radius 1 is 1.30 bits per heavy atom. The van der Waals surface area contributed by atoms with E-state index in [0.717, 1.165) is 0 Å². The maximum Gasteiger partial charge on any atom is 0.328 e. The minimum atomic E-state index is -1.07. The lowest BCUT2D eigenvalue weighted by atomic mass is 10.1. The number of carbonyl (C=O) groups excluding carboxylic acids is 1. The summed E-state index contributed by atoms with van der Waals surface area (Å²) in [6, 6.07) is 2.39. The summed E-state index contributed by atoms with van der Waals surface area (Å²) in [5.74, 6) is -0.836. The Bertz CT molecular complexity index is 715. The van der Waals surface area contributed by atoms with Gasteiger partial charge in [0.1, 0.15) is 6.04 Å². The smallest absolute Gasteiger partial charge is 0.328 e. The van der Waals surface area contributed by atoms with Gasteiger partial charge >= 0.3 is 5.97 Å². The molecule has 23 heavy (non-hydrogen) atoms. The van der Waals surface area contributed by atoms with Crippen molar-refractivity contribution >= 4 is 17.8 Å². The Labute approximate surface area is 132 Å². The Balaban J connectivity index is 1.82. The van der Waals surface area contributed by atoms with Crippen LogP contribution in [0.15, 0.2) is 35.2 Å². The van der Waals surface area contributed by atoms with E-state index in [1.165, 1.54) is 11.2 Å². The van der Waals surface area contributed by atoms with Crippen LogP contribution in [0.25, 0.3) is 0 Å². The van der Waals surface area contributed by atoms with Gasteiger partial charge in [-0.15, -0.1) is 0 Å². The standard InChI is InChI=1S/C15H16N4O4/c1-10-3-8-23-12(10)13(20)19-7-6-18(9-11(19)14(21)22)15-16-4-2-5-17-15/h2-5,8,11H,6-7,9H2,1H3,(H,21,22)/t11-/m1/s1. The summed E-state index contributed by atoms with van der Waals surface area (Å²) in [5.41, 5.74) is 0.688. The van der Waals surface area contributed by atoms with E-state index in [0.29, 0.717) is 18.1 Å². The summed E-state index contributed by atoms with van der Waals surface area (Å²) in [6.45, 7) is 2.60. The number of aryl methyl sites for hydroxylation is 1. The molecule has 3 heterocycles. The minimum Gasteiger partial charge on any atom is -0.480 e. The van der Waals surface area contributed by atoms with Crippen LogP contribution in [0, 0.1) is 6.92 Å². The van der Waals surface area contributed by atoms with Crippen LogP contribution in [0.4, 0.5) is 5.95 Å². The second-order valence-corrected chi connectivity index (χ2v) is 5.28. The molecule has 1 saturated heterocycles. The quantitative estimate of drug-likeness (QED) is 0.893. The minimum absolute atomic E-state index is 0.130. The third-order valence-electron chi connectivity index (χ3n) is 3.82. The highest BCUT2D eigenvalue weighted by Gasteiger charge is 2.37. The highest BCUT2D eigenvalue weighted by Crippen LogP contribution is 2.19. The van der Waals surface area contributed by atoms with Crippen molar-refractivity contribution < 1.29 is 19.1 Å². The average molecular weight is 316 g/mol. The summed E-state index contributed by atoms with van der Waals surface area (Å²) in [7, 11) is 0. The molecule has 120 valence electrons. The van der Waals surface area contributed by atoms with Gasteiger partial charge in [-0.25, -0.2) is 14.8 Å². The third-order valence-corrected chi connectivity index (χ3v) is 3.82. The van der Waals surface area contributed by atoms with Gasteiger partial charge in [0.15, 0.2) is 5.76 Å². The molecule has 1 aliphatic heterocycles. The predicted molar refractivity (Wildman–Crippen MR) is 80.2 cm³/mol. The van der Waals surface area contributed by atoms with E-state index in [1.54, 1.807) is 36.4 Å². The number of nitrogens with zero attached hydrogens (tertiary/aromatic N) is 4. The molecule has 0 aromatic carbocycles. The number of carbonyl (C=O) groups is 2. The topological polar surface area (TPSA) is 99.8 Å². The Kier molecular flexibility index (Phi) is 3.96. The largest absolute Gasteiger partial charge is 0.480 e. The normalized spacial score (nSPS) is 18.0. The van der Waals surface area contributed by atoms with Gasteiger partial charge in [0.2, 0.25) is 5.95 Å². The first-order chi connectivity index (χ1) is 11.1. The van der Waals surface area contributed by atoms with Crippen LogP contribution < -0.4 is 4.90 Å². The number of aromatic nitrogens is 2. The Morgan fingerprint density at radius 3 is 2.65 bits per heavy atom. The van der Waals surface area contributed by atoms with Crippen LogP contribution in [0.2, 0.25) is 0 Å². The monoisotopic (exact) mass is 316 g/mol. The van der Waals surface area contributed by atoms with Crippen LogP contribution in [-0.4, -0.2) is 57.5 Å². The van der Waals surface area contributed by atoms with Gasteiger partial charge in [-0.2, -0.15) is 0 Å². The van der Waals surface area contributed by atoms with Gasteiger partial charge in [0, 0.05) is 31.0 Å².